The molecule has 7 nitrogen and oxygen atoms in total. The summed E-state index contributed by atoms with van der Waals surface area (Å²) in [5.41, 5.74) is 4.27. The van der Waals surface area contributed by atoms with Gasteiger partial charge in [0.2, 0.25) is 0 Å². The first-order valence-electron chi connectivity index (χ1n) is 13.3. The second kappa shape index (κ2) is 12.3. The van der Waals surface area contributed by atoms with Gasteiger partial charge < -0.3 is 9.32 Å². The van der Waals surface area contributed by atoms with E-state index in [-0.39, 0.29) is 29.6 Å². The van der Waals surface area contributed by atoms with Gasteiger partial charge in [0.05, 0.1) is 30.1 Å². The van der Waals surface area contributed by atoms with E-state index in [0.717, 1.165) is 43.9 Å². The van der Waals surface area contributed by atoms with E-state index in [2.05, 4.69) is 10.3 Å². The lowest BCUT2D eigenvalue weighted by molar-refractivity contribution is 0.0643. The summed E-state index contributed by atoms with van der Waals surface area (Å²) >= 11 is 0. The van der Waals surface area contributed by atoms with Crippen LogP contribution in [0.3, 0.4) is 0 Å². The molecule has 2 heterocycles. The fourth-order valence-electron chi connectivity index (χ4n) is 5.12. The summed E-state index contributed by atoms with van der Waals surface area (Å²) in [4.78, 5) is 30.4. The number of benzene rings is 2. The Bertz CT molecular complexity index is 1190. The van der Waals surface area contributed by atoms with Gasteiger partial charge >= 0.3 is 0 Å². The number of likely N-dealkylation sites (tertiary alicyclic amines) is 1. The van der Waals surface area contributed by atoms with Gasteiger partial charge in [0.25, 0.3) is 11.8 Å². The average Bonchev–Trinajstić information content (AvgIpc) is 3.41. The highest BCUT2D eigenvalue weighted by atomic mass is 19.1. The van der Waals surface area contributed by atoms with Gasteiger partial charge in [-0.25, -0.2) is 4.39 Å². The molecule has 8 heteroatoms. The first kappa shape index (κ1) is 27.4. The predicted molar refractivity (Wildman–Crippen MR) is 146 cm³/mol. The second-order valence-corrected chi connectivity index (χ2v) is 10.3. The van der Waals surface area contributed by atoms with Gasteiger partial charge in [0.1, 0.15) is 11.6 Å². The standard InChI is InChI=1S/C30H37FN4O3/c1-21(2)34(22(3)4)30(37)23-11-13-24(14-12-23)35(32-29(36)27-9-5-6-10-28(27)31)25-15-17-33(18-16-25)20-26-8-7-19-38-26/h5-14,19,21-22,25H,15-18,20H2,1-4H3,(H,32,36). The van der Waals surface area contributed by atoms with Gasteiger partial charge in [-0.1, -0.05) is 12.1 Å². The molecule has 1 fully saturated rings. The van der Waals surface area contributed by atoms with Crippen LogP contribution >= 0.6 is 0 Å². The molecule has 0 saturated carbocycles. The van der Waals surface area contributed by atoms with Crippen molar-refractivity contribution in [1.29, 1.82) is 0 Å². The topological polar surface area (TPSA) is 69.0 Å². The average molecular weight is 521 g/mol. The van der Waals surface area contributed by atoms with E-state index < -0.39 is 11.7 Å². The molecule has 4 rings (SSSR count). The summed E-state index contributed by atoms with van der Waals surface area (Å²) < 4.78 is 19.9. The fraction of sp³-hybridized carbons (Fsp3) is 0.400. The number of carbonyl (C=O) groups excluding carboxylic acids is 2. The Morgan fingerprint density at radius 2 is 1.63 bits per heavy atom. The highest BCUT2D eigenvalue weighted by Crippen LogP contribution is 2.25. The lowest BCUT2D eigenvalue weighted by atomic mass is 10.0. The number of hydrogen-bond acceptors (Lipinski definition) is 5. The minimum Gasteiger partial charge on any atom is -0.468 e. The van der Waals surface area contributed by atoms with E-state index in [0.29, 0.717) is 5.56 Å². The fourth-order valence-corrected chi connectivity index (χ4v) is 5.12. The quantitative estimate of drug-likeness (QED) is 0.378. The molecule has 1 saturated heterocycles. The van der Waals surface area contributed by atoms with E-state index in [1.165, 1.54) is 12.1 Å². The molecule has 38 heavy (non-hydrogen) atoms. The van der Waals surface area contributed by atoms with Crippen molar-refractivity contribution in [2.75, 3.05) is 18.1 Å². The maximum atomic E-state index is 14.4. The number of anilines is 1. The van der Waals surface area contributed by atoms with E-state index in [4.69, 9.17) is 4.42 Å². The zero-order valence-corrected chi connectivity index (χ0v) is 22.6. The summed E-state index contributed by atoms with van der Waals surface area (Å²) in [5.74, 6) is -0.186. The molecule has 0 spiro atoms. The molecule has 0 aliphatic carbocycles. The number of furan rings is 1. The first-order valence-corrected chi connectivity index (χ1v) is 13.3. The zero-order chi connectivity index (χ0) is 27.2. The minimum absolute atomic E-state index is 0.00273. The van der Waals surface area contributed by atoms with Gasteiger partial charge in [-0.15, -0.1) is 0 Å². The normalized spacial score (nSPS) is 14.6. The lowest BCUT2D eigenvalue weighted by Crippen LogP contribution is -2.53. The zero-order valence-electron chi connectivity index (χ0n) is 22.6. The molecule has 0 radical (unpaired) electrons. The molecule has 3 aromatic rings. The monoisotopic (exact) mass is 520 g/mol. The van der Waals surface area contributed by atoms with Crippen LogP contribution in [0.5, 0.6) is 0 Å². The van der Waals surface area contributed by atoms with Crippen molar-refractivity contribution in [1.82, 2.24) is 15.2 Å². The Hall–Kier alpha value is -3.65. The number of piperidine rings is 1. The third kappa shape index (κ3) is 6.42. The molecule has 1 aliphatic rings. The molecule has 1 N–H and O–H groups in total. The molecule has 1 aliphatic heterocycles. The van der Waals surface area contributed by atoms with Gasteiger partial charge in [-0.2, -0.15) is 0 Å². The number of carbonyl (C=O) groups is 2. The Labute approximate surface area is 224 Å². The number of amides is 2. The summed E-state index contributed by atoms with van der Waals surface area (Å²) in [7, 11) is 0. The maximum absolute atomic E-state index is 14.4. The Kier molecular flexibility index (Phi) is 8.84. The van der Waals surface area contributed by atoms with Gasteiger partial charge in [0.15, 0.2) is 0 Å². The summed E-state index contributed by atoms with van der Waals surface area (Å²) in [5, 5.41) is 1.83. The van der Waals surface area contributed by atoms with E-state index in [9.17, 15) is 14.0 Å². The summed E-state index contributed by atoms with van der Waals surface area (Å²) in [6.07, 6.45) is 3.28. The molecular weight excluding hydrogens is 483 g/mol. The number of hydrogen-bond donors (Lipinski definition) is 1. The molecule has 2 aromatic carbocycles. The van der Waals surface area contributed by atoms with Crippen LogP contribution < -0.4 is 10.4 Å². The summed E-state index contributed by atoms with van der Waals surface area (Å²) in [6, 6.07) is 17.3. The highest BCUT2D eigenvalue weighted by Gasteiger charge is 2.28. The lowest BCUT2D eigenvalue weighted by Gasteiger charge is -2.39. The number of halogens is 1. The van der Waals surface area contributed by atoms with E-state index >= 15 is 0 Å². The van der Waals surface area contributed by atoms with Crippen LogP contribution in [0.25, 0.3) is 0 Å². The van der Waals surface area contributed by atoms with Gasteiger partial charge in [-0.05, 0) is 89.1 Å². The molecule has 1 aromatic heterocycles. The van der Waals surface area contributed by atoms with Crippen LogP contribution in [0.4, 0.5) is 10.1 Å². The Morgan fingerprint density at radius 1 is 0.974 bits per heavy atom. The summed E-state index contributed by atoms with van der Waals surface area (Å²) in [6.45, 7) is 10.4. The van der Waals surface area contributed by atoms with Crippen molar-refractivity contribution in [3.63, 3.8) is 0 Å². The smallest absolute Gasteiger partial charge is 0.272 e. The molecular formula is C30H37FN4O3. The number of hydrazine groups is 1. The predicted octanol–water partition coefficient (Wildman–Crippen LogP) is 5.49. The van der Waals surface area contributed by atoms with Crippen molar-refractivity contribution in [2.45, 2.75) is 65.2 Å². The molecule has 2 amide bonds. The van der Waals surface area contributed by atoms with Crippen molar-refractivity contribution in [2.24, 2.45) is 0 Å². The van der Waals surface area contributed by atoms with Gasteiger partial charge in [-0.3, -0.25) is 24.9 Å². The maximum Gasteiger partial charge on any atom is 0.272 e. The van der Waals surface area contributed by atoms with Crippen LogP contribution in [0, 0.1) is 5.82 Å². The Balaban J connectivity index is 1.54. The van der Waals surface area contributed by atoms with Crippen LogP contribution in [-0.4, -0.2) is 52.8 Å². The minimum atomic E-state index is -0.568. The van der Waals surface area contributed by atoms with Crippen molar-refractivity contribution < 1.29 is 18.4 Å². The molecule has 0 atom stereocenters. The van der Waals surface area contributed by atoms with Gasteiger partial charge in [0, 0.05) is 30.7 Å². The van der Waals surface area contributed by atoms with E-state index in [1.54, 1.807) is 30.5 Å². The van der Waals surface area contributed by atoms with Crippen molar-refractivity contribution in [3.8, 4) is 0 Å². The Morgan fingerprint density at radius 3 is 2.21 bits per heavy atom. The van der Waals surface area contributed by atoms with Crippen molar-refractivity contribution in [3.05, 3.63) is 89.6 Å². The number of nitrogens with zero attached hydrogens (tertiary/aromatic N) is 3. The highest BCUT2D eigenvalue weighted by molar-refractivity contribution is 5.96. The van der Waals surface area contributed by atoms with Crippen LogP contribution in [0.1, 0.15) is 67.0 Å². The number of rotatable bonds is 9. The van der Waals surface area contributed by atoms with Crippen LogP contribution in [0.2, 0.25) is 0 Å². The third-order valence-electron chi connectivity index (χ3n) is 6.96. The molecule has 0 unspecified atom stereocenters. The third-order valence-corrected chi connectivity index (χ3v) is 6.96. The second-order valence-electron chi connectivity index (χ2n) is 10.3. The van der Waals surface area contributed by atoms with Crippen LogP contribution in [0.15, 0.2) is 71.3 Å². The van der Waals surface area contributed by atoms with E-state index in [1.807, 2.05) is 61.9 Å². The van der Waals surface area contributed by atoms with Crippen molar-refractivity contribution >= 4 is 17.5 Å². The van der Waals surface area contributed by atoms with Crippen LogP contribution in [-0.2, 0) is 6.54 Å². The molecule has 202 valence electrons. The first-order chi connectivity index (χ1) is 18.2. The molecule has 0 bridgehead atoms. The SMILES string of the molecule is CC(C)N(C(=O)c1ccc(N(NC(=O)c2ccccc2F)C2CCN(Cc3ccco3)CC2)cc1)C(C)C. The largest absolute Gasteiger partial charge is 0.468 e. The number of nitrogens with one attached hydrogen (secondary N) is 1.